The fourth-order valence-corrected chi connectivity index (χ4v) is 0.589. The predicted molar refractivity (Wildman–Crippen MR) is 43.2 cm³/mol. The first kappa shape index (κ1) is 9.00. The fourth-order valence-electron chi connectivity index (χ4n) is 0.589. The first-order chi connectivity index (χ1) is 3.92. The quantitative estimate of drug-likeness (QED) is 0.499. The van der Waals surface area contributed by atoms with Gasteiger partial charge in [0.2, 0.25) is 0 Å². The van der Waals surface area contributed by atoms with Crippen molar-refractivity contribution in [2.45, 2.75) is 41.0 Å². The Morgan fingerprint density at radius 2 is 1.67 bits per heavy atom. The molecule has 0 nitrogen and oxygen atoms in total. The van der Waals surface area contributed by atoms with E-state index in [1.807, 2.05) is 0 Å². The summed E-state index contributed by atoms with van der Waals surface area (Å²) in [5.74, 6) is 0.809. The van der Waals surface area contributed by atoms with Crippen molar-refractivity contribution in [1.29, 1.82) is 0 Å². The van der Waals surface area contributed by atoms with Gasteiger partial charge in [0.05, 0.1) is 0 Å². The van der Waals surface area contributed by atoms with E-state index in [0.717, 1.165) is 5.92 Å². The van der Waals surface area contributed by atoms with Crippen molar-refractivity contribution < 1.29 is 0 Å². The van der Waals surface area contributed by atoms with E-state index in [-0.39, 0.29) is 0 Å². The molecule has 0 unspecified atom stereocenters. The summed E-state index contributed by atoms with van der Waals surface area (Å²) in [6.45, 7) is 11.2. The SMILES string of the molecule is CC(C)C[CH-]C(C)(C)C. The summed E-state index contributed by atoms with van der Waals surface area (Å²) < 4.78 is 0. The van der Waals surface area contributed by atoms with Gasteiger partial charge in [-0.05, 0) is 0 Å². The third-order valence-corrected chi connectivity index (χ3v) is 1.20. The van der Waals surface area contributed by atoms with Crippen LogP contribution in [-0.4, -0.2) is 0 Å². The molecule has 0 saturated heterocycles. The zero-order valence-corrected chi connectivity index (χ0v) is 7.36. The van der Waals surface area contributed by atoms with Crippen LogP contribution in [-0.2, 0) is 0 Å². The molecule has 0 atom stereocenters. The lowest BCUT2D eigenvalue weighted by molar-refractivity contribution is 0.444. The van der Waals surface area contributed by atoms with Gasteiger partial charge in [-0.1, -0.05) is 40.5 Å². The largest absolute Gasteiger partial charge is 0.323 e. The molecule has 0 aromatic carbocycles. The van der Waals surface area contributed by atoms with Crippen molar-refractivity contribution in [3.8, 4) is 0 Å². The molecule has 0 spiro atoms. The maximum Gasteiger partial charge on any atom is -0.0652 e. The summed E-state index contributed by atoms with van der Waals surface area (Å²) in [6.07, 6.45) is 3.63. The van der Waals surface area contributed by atoms with E-state index in [1.54, 1.807) is 0 Å². The zero-order valence-electron chi connectivity index (χ0n) is 7.36. The average Bonchev–Trinajstić information content (AvgIpc) is 1.59. The van der Waals surface area contributed by atoms with E-state index in [2.05, 4.69) is 41.0 Å². The predicted octanol–water partition coefficient (Wildman–Crippen LogP) is 3.28. The molecule has 0 amide bonds. The van der Waals surface area contributed by atoms with Gasteiger partial charge >= 0.3 is 0 Å². The number of hydrogen-bond acceptors (Lipinski definition) is 0. The van der Waals surface area contributed by atoms with Gasteiger partial charge in [0, 0.05) is 0 Å². The molecule has 0 aromatic heterocycles. The highest BCUT2D eigenvalue weighted by Crippen LogP contribution is 2.21. The van der Waals surface area contributed by atoms with Gasteiger partial charge in [-0.15, -0.1) is 0 Å². The molecule has 0 heterocycles. The lowest BCUT2D eigenvalue weighted by Gasteiger charge is -2.31. The minimum Gasteiger partial charge on any atom is -0.323 e. The van der Waals surface area contributed by atoms with E-state index in [4.69, 9.17) is 0 Å². The van der Waals surface area contributed by atoms with E-state index in [0.29, 0.717) is 5.41 Å². The van der Waals surface area contributed by atoms with E-state index < -0.39 is 0 Å². The highest BCUT2D eigenvalue weighted by atomic mass is 14.2. The van der Waals surface area contributed by atoms with Crippen LogP contribution in [0.4, 0.5) is 0 Å². The van der Waals surface area contributed by atoms with Gasteiger partial charge in [-0.3, -0.25) is 0 Å². The second kappa shape index (κ2) is 3.24. The Kier molecular flexibility index (Phi) is 3.24. The molecule has 9 heavy (non-hydrogen) atoms. The topological polar surface area (TPSA) is 0 Å². The lowest BCUT2D eigenvalue weighted by Crippen LogP contribution is -2.07. The molecule has 0 fully saturated rings. The first-order valence-electron chi connectivity index (χ1n) is 3.76. The van der Waals surface area contributed by atoms with Gasteiger partial charge in [0.1, 0.15) is 0 Å². The smallest absolute Gasteiger partial charge is 0.0652 e. The van der Waals surface area contributed by atoms with Crippen molar-refractivity contribution in [1.82, 2.24) is 0 Å². The number of rotatable bonds is 2. The highest BCUT2D eigenvalue weighted by Gasteiger charge is 1.98. The normalized spacial score (nSPS) is 12.7. The van der Waals surface area contributed by atoms with Crippen LogP contribution in [0.5, 0.6) is 0 Å². The van der Waals surface area contributed by atoms with Crippen LogP contribution < -0.4 is 0 Å². The summed E-state index contributed by atoms with van der Waals surface area (Å²) in [5.41, 5.74) is 0.407. The molecule has 0 aliphatic carbocycles. The molecule has 0 rings (SSSR count). The molecule has 0 aliphatic rings. The molecule has 0 aliphatic heterocycles. The molecule has 0 heteroatoms. The van der Waals surface area contributed by atoms with Gasteiger partial charge in [-0.2, -0.15) is 11.8 Å². The van der Waals surface area contributed by atoms with Crippen LogP contribution in [0.1, 0.15) is 41.0 Å². The maximum absolute atomic E-state index is 2.39. The van der Waals surface area contributed by atoms with Crippen molar-refractivity contribution >= 4 is 0 Å². The molecular weight excluding hydrogens is 108 g/mol. The van der Waals surface area contributed by atoms with Gasteiger partial charge in [-0.25, -0.2) is 0 Å². The summed E-state index contributed by atoms with van der Waals surface area (Å²) >= 11 is 0. The maximum atomic E-state index is 2.39. The standard InChI is InChI=1S/C9H19/c1-8(2)6-7-9(3,4)5/h7-8H,6H2,1-5H3/q-1. The van der Waals surface area contributed by atoms with Crippen molar-refractivity contribution in [3.63, 3.8) is 0 Å². The van der Waals surface area contributed by atoms with Gasteiger partial charge in [0.15, 0.2) is 0 Å². The van der Waals surface area contributed by atoms with E-state index in [9.17, 15) is 0 Å². The Hall–Kier alpha value is 0. The highest BCUT2D eigenvalue weighted by molar-refractivity contribution is 4.80. The summed E-state index contributed by atoms with van der Waals surface area (Å²) in [7, 11) is 0. The van der Waals surface area contributed by atoms with Crippen LogP contribution in [0.15, 0.2) is 0 Å². The number of hydrogen-bond donors (Lipinski definition) is 0. The Balaban J connectivity index is 3.28. The van der Waals surface area contributed by atoms with E-state index in [1.165, 1.54) is 6.42 Å². The third-order valence-electron chi connectivity index (χ3n) is 1.20. The van der Waals surface area contributed by atoms with Crippen molar-refractivity contribution in [3.05, 3.63) is 6.42 Å². The Bertz CT molecular complexity index is 64.6. The van der Waals surface area contributed by atoms with Crippen LogP contribution in [0, 0.1) is 17.8 Å². The van der Waals surface area contributed by atoms with Crippen LogP contribution in [0.3, 0.4) is 0 Å². The fraction of sp³-hybridized carbons (Fsp3) is 0.889. The average molecular weight is 127 g/mol. The second-order valence-corrected chi connectivity index (χ2v) is 4.20. The van der Waals surface area contributed by atoms with Crippen LogP contribution in [0.25, 0.3) is 0 Å². The molecular formula is C9H19-. The van der Waals surface area contributed by atoms with Gasteiger partial charge < -0.3 is 6.42 Å². The summed E-state index contributed by atoms with van der Waals surface area (Å²) in [6, 6.07) is 0. The molecule has 0 radical (unpaired) electrons. The van der Waals surface area contributed by atoms with Crippen LogP contribution >= 0.6 is 0 Å². The molecule has 0 N–H and O–H groups in total. The lowest BCUT2D eigenvalue weighted by atomic mass is 9.88. The van der Waals surface area contributed by atoms with Gasteiger partial charge in [0.25, 0.3) is 0 Å². The Labute approximate surface area is 59.7 Å². The van der Waals surface area contributed by atoms with Crippen molar-refractivity contribution in [2.24, 2.45) is 11.3 Å². The minimum absolute atomic E-state index is 0.407. The van der Waals surface area contributed by atoms with E-state index >= 15 is 0 Å². The molecule has 56 valence electrons. The monoisotopic (exact) mass is 127 g/mol. The Morgan fingerprint density at radius 3 is 1.78 bits per heavy atom. The van der Waals surface area contributed by atoms with Crippen molar-refractivity contribution in [2.75, 3.05) is 0 Å². The molecule has 0 aromatic rings. The first-order valence-corrected chi connectivity index (χ1v) is 3.76. The summed E-state index contributed by atoms with van der Waals surface area (Å²) in [4.78, 5) is 0. The minimum atomic E-state index is 0.407. The summed E-state index contributed by atoms with van der Waals surface area (Å²) in [5, 5.41) is 0. The molecule has 0 bridgehead atoms. The second-order valence-electron chi connectivity index (χ2n) is 4.20. The third kappa shape index (κ3) is 8.00. The zero-order chi connectivity index (χ0) is 7.49. The molecule has 0 saturated carbocycles. The Morgan fingerprint density at radius 1 is 1.22 bits per heavy atom. The van der Waals surface area contributed by atoms with Crippen LogP contribution in [0.2, 0.25) is 0 Å².